The van der Waals surface area contributed by atoms with Crippen molar-refractivity contribution in [3.8, 4) is 0 Å². The fourth-order valence-electron chi connectivity index (χ4n) is 2.27. The second-order valence-electron chi connectivity index (χ2n) is 5.00. The molecule has 0 aromatic heterocycles. The Kier molecular flexibility index (Phi) is 6.40. The zero-order chi connectivity index (χ0) is 15.2. The van der Waals surface area contributed by atoms with Crippen LogP contribution in [0.3, 0.4) is 0 Å². The molecule has 0 bridgehead atoms. The molecule has 0 amide bonds. The Morgan fingerprint density at radius 1 is 1.10 bits per heavy atom. The van der Waals surface area contributed by atoms with Crippen LogP contribution in [0.4, 0.5) is 4.39 Å². The normalized spacial score (nSPS) is 12.4. The minimum atomic E-state index is -0.156. The monoisotopic (exact) mass is 413 g/mol. The molecule has 0 spiro atoms. The second-order valence-corrected chi connectivity index (χ2v) is 6.83. The van der Waals surface area contributed by atoms with Crippen molar-refractivity contribution >= 4 is 31.9 Å². The van der Waals surface area contributed by atoms with Crippen molar-refractivity contribution in [2.75, 3.05) is 6.54 Å². The van der Waals surface area contributed by atoms with Crippen molar-refractivity contribution in [1.82, 2.24) is 5.32 Å². The largest absolute Gasteiger partial charge is 0.310 e. The number of hydrogen-bond donors (Lipinski definition) is 1. The van der Waals surface area contributed by atoms with Crippen LogP contribution in [0.1, 0.15) is 30.5 Å². The van der Waals surface area contributed by atoms with E-state index in [0.29, 0.717) is 6.42 Å². The Morgan fingerprint density at radius 3 is 2.57 bits per heavy atom. The highest BCUT2D eigenvalue weighted by molar-refractivity contribution is 9.10. The van der Waals surface area contributed by atoms with Crippen molar-refractivity contribution in [2.45, 2.75) is 25.8 Å². The summed E-state index contributed by atoms with van der Waals surface area (Å²) in [6, 6.07) is 13.4. The summed E-state index contributed by atoms with van der Waals surface area (Å²) in [5, 5.41) is 3.51. The molecule has 1 N–H and O–H groups in total. The molecule has 0 aliphatic rings. The zero-order valence-corrected chi connectivity index (χ0v) is 15.0. The van der Waals surface area contributed by atoms with E-state index >= 15 is 0 Å². The SMILES string of the molecule is CCCNC(Cc1cc(Br)ccc1F)c1cccc(Br)c1. The lowest BCUT2D eigenvalue weighted by molar-refractivity contribution is 0.512. The summed E-state index contributed by atoms with van der Waals surface area (Å²) in [6.07, 6.45) is 1.67. The molecule has 0 radical (unpaired) electrons. The summed E-state index contributed by atoms with van der Waals surface area (Å²) in [6.45, 7) is 3.04. The van der Waals surface area contributed by atoms with Gasteiger partial charge >= 0.3 is 0 Å². The molecular formula is C17H18Br2FN. The van der Waals surface area contributed by atoms with E-state index in [2.05, 4.69) is 56.2 Å². The highest BCUT2D eigenvalue weighted by atomic mass is 79.9. The maximum atomic E-state index is 14.0. The zero-order valence-electron chi connectivity index (χ0n) is 11.9. The third-order valence-electron chi connectivity index (χ3n) is 3.32. The van der Waals surface area contributed by atoms with Crippen molar-refractivity contribution < 1.29 is 4.39 Å². The molecule has 0 heterocycles. The number of benzene rings is 2. The molecule has 4 heteroatoms. The molecule has 0 saturated carbocycles. The van der Waals surface area contributed by atoms with Gasteiger partial charge in [-0.1, -0.05) is 50.9 Å². The van der Waals surface area contributed by atoms with Crippen LogP contribution in [-0.2, 0) is 6.42 Å². The van der Waals surface area contributed by atoms with E-state index in [4.69, 9.17) is 0 Å². The number of nitrogens with one attached hydrogen (secondary N) is 1. The molecule has 0 aliphatic heterocycles. The standard InChI is InChI=1S/C17H18Br2FN/c1-2-8-21-17(12-4-3-5-14(18)9-12)11-13-10-15(19)6-7-16(13)20/h3-7,9-10,17,21H,2,8,11H2,1H3. The molecule has 2 aromatic rings. The van der Waals surface area contributed by atoms with Gasteiger partial charge < -0.3 is 5.32 Å². The van der Waals surface area contributed by atoms with Crippen molar-refractivity contribution in [3.63, 3.8) is 0 Å². The first-order chi connectivity index (χ1) is 10.1. The fraction of sp³-hybridized carbons (Fsp3) is 0.294. The Labute approximate surface area is 142 Å². The van der Waals surface area contributed by atoms with Gasteiger partial charge in [-0.25, -0.2) is 4.39 Å². The van der Waals surface area contributed by atoms with E-state index in [0.717, 1.165) is 33.0 Å². The van der Waals surface area contributed by atoms with E-state index in [1.54, 1.807) is 6.07 Å². The second kappa shape index (κ2) is 8.06. The van der Waals surface area contributed by atoms with Crippen molar-refractivity contribution in [1.29, 1.82) is 0 Å². The molecule has 21 heavy (non-hydrogen) atoms. The van der Waals surface area contributed by atoms with Crippen molar-refractivity contribution in [2.24, 2.45) is 0 Å². The summed E-state index contributed by atoms with van der Waals surface area (Å²) in [5.74, 6) is -0.156. The predicted octanol–water partition coefficient (Wildman–Crippen LogP) is 5.63. The first-order valence-electron chi connectivity index (χ1n) is 7.03. The third-order valence-corrected chi connectivity index (χ3v) is 4.31. The van der Waals surface area contributed by atoms with E-state index in [1.807, 2.05) is 18.2 Å². The van der Waals surface area contributed by atoms with Gasteiger partial charge in [0.25, 0.3) is 0 Å². The Morgan fingerprint density at radius 2 is 1.86 bits per heavy atom. The average Bonchev–Trinajstić information content (AvgIpc) is 2.47. The van der Waals surface area contributed by atoms with Gasteiger partial charge in [0, 0.05) is 15.0 Å². The van der Waals surface area contributed by atoms with Crippen LogP contribution in [0.15, 0.2) is 51.4 Å². The van der Waals surface area contributed by atoms with Gasteiger partial charge in [0.2, 0.25) is 0 Å². The van der Waals surface area contributed by atoms with Crippen LogP contribution < -0.4 is 5.32 Å². The predicted molar refractivity (Wildman–Crippen MR) is 93.0 cm³/mol. The highest BCUT2D eigenvalue weighted by Crippen LogP contribution is 2.25. The first kappa shape index (κ1) is 16.7. The molecule has 0 fully saturated rings. The van der Waals surface area contributed by atoms with Crippen LogP contribution in [0.2, 0.25) is 0 Å². The topological polar surface area (TPSA) is 12.0 Å². The Bertz CT molecular complexity index is 601. The van der Waals surface area contributed by atoms with Gasteiger partial charge in [0.1, 0.15) is 5.82 Å². The first-order valence-corrected chi connectivity index (χ1v) is 8.61. The quantitative estimate of drug-likeness (QED) is 0.645. The highest BCUT2D eigenvalue weighted by Gasteiger charge is 2.14. The smallest absolute Gasteiger partial charge is 0.126 e. The fourth-order valence-corrected chi connectivity index (χ4v) is 3.09. The summed E-state index contributed by atoms with van der Waals surface area (Å²) in [7, 11) is 0. The van der Waals surface area contributed by atoms with Gasteiger partial charge in [-0.3, -0.25) is 0 Å². The van der Waals surface area contributed by atoms with Crippen molar-refractivity contribution in [3.05, 3.63) is 68.4 Å². The van der Waals surface area contributed by atoms with Crippen LogP contribution in [0, 0.1) is 5.82 Å². The maximum Gasteiger partial charge on any atom is 0.126 e. The molecule has 0 aliphatic carbocycles. The molecule has 1 unspecified atom stereocenters. The lowest BCUT2D eigenvalue weighted by Gasteiger charge is -2.20. The summed E-state index contributed by atoms with van der Waals surface area (Å²) < 4.78 is 15.9. The van der Waals surface area contributed by atoms with E-state index in [1.165, 1.54) is 6.07 Å². The average molecular weight is 415 g/mol. The number of halogens is 3. The number of rotatable bonds is 6. The molecule has 2 aromatic carbocycles. The Hall–Kier alpha value is -0.710. The molecular weight excluding hydrogens is 397 g/mol. The summed E-state index contributed by atoms with van der Waals surface area (Å²) >= 11 is 6.91. The van der Waals surface area contributed by atoms with E-state index in [9.17, 15) is 4.39 Å². The van der Waals surface area contributed by atoms with Gasteiger partial charge in [-0.05, 0) is 60.8 Å². The minimum Gasteiger partial charge on any atom is -0.310 e. The minimum absolute atomic E-state index is 0.103. The van der Waals surface area contributed by atoms with Gasteiger partial charge in [0.15, 0.2) is 0 Å². The van der Waals surface area contributed by atoms with Crippen LogP contribution in [-0.4, -0.2) is 6.54 Å². The van der Waals surface area contributed by atoms with Gasteiger partial charge in [-0.2, -0.15) is 0 Å². The van der Waals surface area contributed by atoms with Crippen LogP contribution in [0.25, 0.3) is 0 Å². The lowest BCUT2D eigenvalue weighted by atomic mass is 9.98. The molecule has 0 saturated heterocycles. The van der Waals surface area contributed by atoms with Gasteiger partial charge in [0.05, 0.1) is 0 Å². The van der Waals surface area contributed by atoms with E-state index in [-0.39, 0.29) is 11.9 Å². The molecule has 2 rings (SSSR count). The number of hydrogen-bond acceptors (Lipinski definition) is 1. The Balaban J connectivity index is 2.25. The van der Waals surface area contributed by atoms with E-state index < -0.39 is 0 Å². The molecule has 112 valence electrons. The van der Waals surface area contributed by atoms with Gasteiger partial charge in [-0.15, -0.1) is 0 Å². The summed E-state index contributed by atoms with van der Waals surface area (Å²) in [5.41, 5.74) is 1.88. The van der Waals surface area contributed by atoms with Crippen LogP contribution in [0.5, 0.6) is 0 Å². The third kappa shape index (κ3) is 4.90. The van der Waals surface area contributed by atoms with Crippen LogP contribution >= 0.6 is 31.9 Å². The maximum absolute atomic E-state index is 14.0. The molecule has 1 nitrogen and oxygen atoms in total. The molecule has 1 atom stereocenters. The lowest BCUT2D eigenvalue weighted by Crippen LogP contribution is -2.24. The summed E-state index contributed by atoms with van der Waals surface area (Å²) in [4.78, 5) is 0.